The van der Waals surface area contributed by atoms with E-state index in [-0.39, 0.29) is 5.97 Å². The number of ether oxygens (including phenoxy) is 5. The second-order valence-corrected chi connectivity index (χ2v) is 7.60. The average molecular weight is 433 g/mol. The first-order chi connectivity index (χ1) is 14.8. The number of carbonyl (C=O) groups is 1. The zero-order chi connectivity index (χ0) is 22.0. The van der Waals surface area contributed by atoms with Gasteiger partial charge in [0.1, 0.15) is 6.61 Å². The molecule has 180 valence electrons. The van der Waals surface area contributed by atoms with Crippen molar-refractivity contribution in [3.8, 4) is 0 Å². The van der Waals surface area contributed by atoms with Crippen molar-refractivity contribution in [3.63, 3.8) is 0 Å². The molecule has 6 nitrogen and oxygen atoms in total. The van der Waals surface area contributed by atoms with E-state index in [2.05, 4.69) is 6.92 Å². The van der Waals surface area contributed by atoms with Crippen LogP contribution >= 0.6 is 0 Å². The summed E-state index contributed by atoms with van der Waals surface area (Å²) in [5, 5.41) is 0. The number of unbranched alkanes of at least 4 members (excludes halogenated alkanes) is 9. The zero-order valence-corrected chi connectivity index (χ0v) is 19.8. The molecule has 0 aromatic carbocycles. The minimum atomic E-state index is -0.165. The second kappa shape index (κ2) is 26.3. The van der Waals surface area contributed by atoms with Crippen LogP contribution in [-0.4, -0.2) is 65.4 Å². The Hall–Kier alpha value is -0.690. The zero-order valence-electron chi connectivity index (χ0n) is 19.8. The molecule has 0 fully saturated rings. The number of hydrogen-bond acceptors (Lipinski definition) is 6. The van der Waals surface area contributed by atoms with Crippen LogP contribution in [-0.2, 0) is 28.5 Å². The molecular weight excluding hydrogens is 384 g/mol. The maximum absolute atomic E-state index is 11.1. The first kappa shape index (κ1) is 29.3. The minimum absolute atomic E-state index is 0.165. The van der Waals surface area contributed by atoms with E-state index in [1.54, 1.807) is 0 Å². The third-order valence-corrected chi connectivity index (χ3v) is 4.70. The molecule has 0 rings (SSSR count). The molecule has 0 aliphatic rings. The summed E-state index contributed by atoms with van der Waals surface area (Å²) in [4.78, 5) is 11.1. The highest BCUT2D eigenvalue weighted by Crippen LogP contribution is 2.10. The third-order valence-electron chi connectivity index (χ3n) is 4.70. The topological polar surface area (TPSA) is 63.2 Å². The maximum atomic E-state index is 11.1. The van der Waals surface area contributed by atoms with Crippen LogP contribution in [0.2, 0.25) is 0 Å². The van der Waals surface area contributed by atoms with Crippen molar-refractivity contribution < 1.29 is 28.5 Å². The van der Waals surface area contributed by atoms with E-state index in [1.807, 2.05) is 6.92 Å². The van der Waals surface area contributed by atoms with E-state index in [9.17, 15) is 4.79 Å². The molecule has 0 aliphatic heterocycles. The van der Waals surface area contributed by atoms with E-state index in [0.29, 0.717) is 59.3 Å². The van der Waals surface area contributed by atoms with Crippen molar-refractivity contribution in [1.82, 2.24) is 0 Å². The standard InChI is InChI=1S/C24H48O6/c1-3-5-6-7-8-9-10-11-12-13-15-26-16-17-27-18-19-28-20-21-29-22-23-30-24(25)14-4-2/h3-23H2,1-2H3. The molecule has 0 saturated heterocycles. The fourth-order valence-electron chi connectivity index (χ4n) is 2.94. The fourth-order valence-corrected chi connectivity index (χ4v) is 2.94. The molecule has 0 saturated carbocycles. The predicted molar refractivity (Wildman–Crippen MR) is 121 cm³/mol. The fraction of sp³-hybridized carbons (Fsp3) is 0.958. The van der Waals surface area contributed by atoms with Gasteiger partial charge in [-0.2, -0.15) is 0 Å². The van der Waals surface area contributed by atoms with Gasteiger partial charge < -0.3 is 23.7 Å². The lowest BCUT2D eigenvalue weighted by atomic mass is 10.1. The van der Waals surface area contributed by atoms with E-state index in [1.165, 1.54) is 57.8 Å². The van der Waals surface area contributed by atoms with Gasteiger partial charge in [0.15, 0.2) is 0 Å². The van der Waals surface area contributed by atoms with Gasteiger partial charge in [-0.3, -0.25) is 4.79 Å². The van der Waals surface area contributed by atoms with E-state index < -0.39 is 0 Å². The van der Waals surface area contributed by atoms with Crippen LogP contribution in [0.5, 0.6) is 0 Å². The summed E-state index contributed by atoms with van der Waals surface area (Å²) >= 11 is 0. The molecule has 0 radical (unpaired) electrons. The number of carbonyl (C=O) groups excluding carboxylic acids is 1. The summed E-state index contributed by atoms with van der Waals surface area (Å²) in [6, 6.07) is 0. The quantitative estimate of drug-likeness (QED) is 0.144. The SMILES string of the molecule is CCCCCCCCCCCCOCCOCCOCCOCCOC(=O)CCC. The van der Waals surface area contributed by atoms with Gasteiger partial charge in [-0.05, 0) is 12.8 Å². The summed E-state index contributed by atoms with van der Waals surface area (Å²) in [5.41, 5.74) is 0. The van der Waals surface area contributed by atoms with Crippen LogP contribution < -0.4 is 0 Å². The van der Waals surface area contributed by atoms with E-state index in [0.717, 1.165) is 19.4 Å². The van der Waals surface area contributed by atoms with E-state index in [4.69, 9.17) is 23.7 Å². The van der Waals surface area contributed by atoms with Crippen molar-refractivity contribution in [3.05, 3.63) is 0 Å². The van der Waals surface area contributed by atoms with Gasteiger partial charge in [0.05, 0.1) is 46.2 Å². The van der Waals surface area contributed by atoms with Crippen molar-refractivity contribution >= 4 is 5.97 Å². The molecule has 0 N–H and O–H groups in total. The lowest BCUT2D eigenvalue weighted by Gasteiger charge is -2.08. The number of rotatable bonds is 25. The van der Waals surface area contributed by atoms with Gasteiger partial charge in [0, 0.05) is 13.0 Å². The minimum Gasteiger partial charge on any atom is -0.463 e. The summed E-state index contributed by atoms with van der Waals surface area (Å²) in [5.74, 6) is -0.165. The Labute approximate surface area is 185 Å². The molecule has 0 bridgehead atoms. The first-order valence-corrected chi connectivity index (χ1v) is 12.3. The van der Waals surface area contributed by atoms with E-state index >= 15 is 0 Å². The molecular formula is C24H48O6. The summed E-state index contributed by atoms with van der Waals surface area (Å²) in [6.45, 7) is 9.15. The predicted octanol–water partition coefficient (Wildman–Crippen LogP) is 5.32. The second-order valence-electron chi connectivity index (χ2n) is 7.60. The molecule has 30 heavy (non-hydrogen) atoms. The van der Waals surface area contributed by atoms with Crippen LogP contribution in [0, 0.1) is 0 Å². The van der Waals surface area contributed by atoms with Gasteiger partial charge in [-0.25, -0.2) is 0 Å². The molecule has 0 aromatic heterocycles. The Morgan fingerprint density at radius 1 is 0.467 bits per heavy atom. The van der Waals surface area contributed by atoms with Crippen LogP contribution in [0.4, 0.5) is 0 Å². The largest absolute Gasteiger partial charge is 0.463 e. The van der Waals surface area contributed by atoms with Crippen molar-refractivity contribution in [2.24, 2.45) is 0 Å². The van der Waals surface area contributed by atoms with Crippen LogP contribution in [0.1, 0.15) is 90.9 Å². The highest BCUT2D eigenvalue weighted by atomic mass is 16.6. The highest BCUT2D eigenvalue weighted by Gasteiger charge is 1.99. The Morgan fingerprint density at radius 2 is 0.867 bits per heavy atom. The van der Waals surface area contributed by atoms with Crippen LogP contribution in [0.25, 0.3) is 0 Å². The lowest BCUT2D eigenvalue weighted by Crippen LogP contribution is -2.14. The Balaban J connectivity index is 3.03. The molecule has 6 heteroatoms. The van der Waals surface area contributed by atoms with Gasteiger partial charge in [-0.15, -0.1) is 0 Å². The smallest absolute Gasteiger partial charge is 0.305 e. The molecule has 0 spiro atoms. The first-order valence-electron chi connectivity index (χ1n) is 12.3. The summed E-state index contributed by atoms with van der Waals surface area (Å²) in [6.07, 6.45) is 14.7. The van der Waals surface area contributed by atoms with Gasteiger partial charge in [-0.1, -0.05) is 71.6 Å². The van der Waals surface area contributed by atoms with Crippen molar-refractivity contribution in [2.75, 3.05) is 59.5 Å². The van der Waals surface area contributed by atoms with Crippen molar-refractivity contribution in [2.45, 2.75) is 90.9 Å². The summed E-state index contributed by atoms with van der Waals surface area (Å²) in [7, 11) is 0. The molecule has 0 amide bonds. The maximum Gasteiger partial charge on any atom is 0.305 e. The monoisotopic (exact) mass is 432 g/mol. The number of esters is 1. The molecule has 0 aliphatic carbocycles. The Morgan fingerprint density at radius 3 is 1.33 bits per heavy atom. The Kier molecular flexibility index (Phi) is 25.7. The van der Waals surface area contributed by atoms with Crippen LogP contribution in [0.3, 0.4) is 0 Å². The Bertz CT molecular complexity index is 338. The summed E-state index contributed by atoms with van der Waals surface area (Å²) < 4.78 is 26.8. The van der Waals surface area contributed by atoms with Gasteiger partial charge >= 0.3 is 5.97 Å². The number of hydrogen-bond donors (Lipinski definition) is 0. The molecule has 0 unspecified atom stereocenters. The average Bonchev–Trinajstić information content (AvgIpc) is 2.74. The molecule has 0 aromatic rings. The highest BCUT2D eigenvalue weighted by molar-refractivity contribution is 5.69. The molecule has 0 heterocycles. The van der Waals surface area contributed by atoms with Crippen molar-refractivity contribution in [1.29, 1.82) is 0 Å². The van der Waals surface area contributed by atoms with Crippen LogP contribution in [0.15, 0.2) is 0 Å². The van der Waals surface area contributed by atoms with Gasteiger partial charge in [0.2, 0.25) is 0 Å². The normalized spacial score (nSPS) is 11.1. The third kappa shape index (κ3) is 25.3. The lowest BCUT2D eigenvalue weighted by molar-refractivity contribution is -0.145. The molecule has 0 atom stereocenters. The van der Waals surface area contributed by atoms with Gasteiger partial charge in [0.25, 0.3) is 0 Å².